The third-order valence-electron chi connectivity index (χ3n) is 5.00. The van der Waals surface area contributed by atoms with Crippen LogP contribution in [0.4, 0.5) is 5.13 Å². The minimum atomic E-state index is -3.33. The largest absolute Gasteiger partial charge is 0.345 e. The first-order chi connectivity index (χ1) is 14.4. The summed E-state index contributed by atoms with van der Waals surface area (Å²) in [6.45, 7) is 2.71. The highest BCUT2D eigenvalue weighted by molar-refractivity contribution is 7.99. The van der Waals surface area contributed by atoms with Gasteiger partial charge in [-0.05, 0) is 24.3 Å². The average molecular weight is 462 g/mol. The number of piperazine rings is 1. The third-order valence-corrected chi connectivity index (χ3v) is 8.22. The first-order valence-electron chi connectivity index (χ1n) is 9.72. The Balaban J connectivity index is 1.35. The molecule has 30 heavy (non-hydrogen) atoms. The first-order valence-corrected chi connectivity index (χ1v) is 13.4. The first kappa shape index (κ1) is 21.1. The van der Waals surface area contributed by atoms with Crippen molar-refractivity contribution in [1.29, 1.82) is 0 Å². The van der Waals surface area contributed by atoms with Gasteiger partial charge in [-0.2, -0.15) is 0 Å². The van der Waals surface area contributed by atoms with Crippen LogP contribution in [0.25, 0.3) is 10.2 Å². The normalized spacial score (nSPS) is 15.0. The average Bonchev–Trinajstić information content (AvgIpc) is 3.18. The Morgan fingerprint density at radius 1 is 1.07 bits per heavy atom. The SMILES string of the molecule is CS(=O)(=O)c1cccc2sc(N3CCN(C(=O)CCSc4ccccc4)CC3)nc12. The van der Waals surface area contributed by atoms with Crippen LogP contribution in [-0.4, -0.2) is 62.4 Å². The minimum Gasteiger partial charge on any atom is -0.345 e. The third kappa shape index (κ3) is 4.79. The summed E-state index contributed by atoms with van der Waals surface area (Å²) >= 11 is 3.20. The van der Waals surface area contributed by atoms with Crippen LogP contribution in [0, 0.1) is 0 Å². The topological polar surface area (TPSA) is 70.6 Å². The standard InChI is InChI=1S/C21H23N3O3S3/c1-30(26,27)18-9-5-8-17-20(18)22-21(29-17)24-13-11-23(12-14-24)19(25)10-15-28-16-6-3-2-4-7-16/h2-9H,10-15H2,1H3. The fraction of sp³-hybridized carbons (Fsp3) is 0.333. The molecule has 1 aliphatic heterocycles. The maximum atomic E-state index is 12.5. The lowest BCUT2D eigenvalue weighted by molar-refractivity contribution is -0.131. The molecule has 3 aromatic rings. The monoisotopic (exact) mass is 461 g/mol. The van der Waals surface area contributed by atoms with Crippen LogP contribution in [0.3, 0.4) is 0 Å². The summed E-state index contributed by atoms with van der Waals surface area (Å²) in [6.07, 6.45) is 1.74. The zero-order valence-corrected chi connectivity index (χ0v) is 19.1. The lowest BCUT2D eigenvalue weighted by Crippen LogP contribution is -2.48. The van der Waals surface area contributed by atoms with E-state index >= 15 is 0 Å². The fourth-order valence-electron chi connectivity index (χ4n) is 3.42. The van der Waals surface area contributed by atoms with E-state index in [0.29, 0.717) is 38.1 Å². The number of thioether (sulfide) groups is 1. The molecule has 1 fully saturated rings. The Kier molecular flexibility index (Phi) is 6.31. The van der Waals surface area contributed by atoms with Crippen molar-refractivity contribution in [3.8, 4) is 0 Å². The molecule has 2 heterocycles. The number of nitrogens with zero attached hydrogens (tertiary/aromatic N) is 3. The summed E-state index contributed by atoms with van der Waals surface area (Å²) in [7, 11) is -3.33. The van der Waals surface area contributed by atoms with Crippen molar-refractivity contribution in [3.05, 3.63) is 48.5 Å². The summed E-state index contributed by atoms with van der Waals surface area (Å²) in [5.74, 6) is 0.955. The van der Waals surface area contributed by atoms with E-state index in [2.05, 4.69) is 22.0 Å². The van der Waals surface area contributed by atoms with Crippen LogP contribution in [0.2, 0.25) is 0 Å². The van der Waals surface area contributed by atoms with Crippen molar-refractivity contribution in [2.75, 3.05) is 43.1 Å². The van der Waals surface area contributed by atoms with Gasteiger partial charge in [-0.1, -0.05) is 35.6 Å². The van der Waals surface area contributed by atoms with Crippen molar-refractivity contribution in [3.63, 3.8) is 0 Å². The summed E-state index contributed by atoms with van der Waals surface area (Å²) in [5, 5.41) is 0.813. The smallest absolute Gasteiger partial charge is 0.223 e. The summed E-state index contributed by atoms with van der Waals surface area (Å²) in [5.41, 5.74) is 0.538. The van der Waals surface area contributed by atoms with E-state index in [4.69, 9.17) is 0 Å². The molecule has 9 heteroatoms. The molecule has 0 radical (unpaired) electrons. The highest BCUT2D eigenvalue weighted by Gasteiger charge is 2.24. The van der Waals surface area contributed by atoms with Gasteiger partial charge in [-0.25, -0.2) is 13.4 Å². The predicted octanol–water partition coefficient (Wildman–Crippen LogP) is 3.53. The fourth-order valence-corrected chi connectivity index (χ4v) is 6.23. The molecule has 0 unspecified atom stereocenters. The quantitative estimate of drug-likeness (QED) is 0.523. The van der Waals surface area contributed by atoms with Crippen LogP contribution in [0.15, 0.2) is 58.3 Å². The van der Waals surface area contributed by atoms with Crippen LogP contribution >= 0.6 is 23.1 Å². The second-order valence-electron chi connectivity index (χ2n) is 7.15. The molecule has 1 aromatic heterocycles. The summed E-state index contributed by atoms with van der Waals surface area (Å²) in [4.78, 5) is 22.7. The molecule has 2 aromatic carbocycles. The molecule has 0 spiro atoms. The van der Waals surface area contributed by atoms with Crippen LogP contribution in [0.5, 0.6) is 0 Å². The Morgan fingerprint density at radius 2 is 1.80 bits per heavy atom. The second-order valence-corrected chi connectivity index (χ2v) is 11.3. The second kappa shape index (κ2) is 8.95. The van der Waals surface area contributed by atoms with E-state index in [1.165, 1.54) is 22.5 Å². The molecule has 158 valence electrons. The van der Waals surface area contributed by atoms with Gasteiger partial charge >= 0.3 is 0 Å². The van der Waals surface area contributed by atoms with Gasteiger partial charge in [0, 0.05) is 49.5 Å². The van der Waals surface area contributed by atoms with Crippen LogP contribution in [0.1, 0.15) is 6.42 Å². The molecule has 6 nitrogen and oxygen atoms in total. The van der Waals surface area contributed by atoms with Crippen LogP contribution in [-0.2, 0) is 14.6 Å². The van der Waals surface area contributed by atoms with Gasteiger partial charge in [0.2, 0.25) is 5.91 Å². The number of benzene rings is 2. The lowest BCUT2D eigenvalue weighted by Gasteiger charge is -2.34. The Bertz CT molecular complexity index is 1140. The van der Waals surface area contributed by atoms with Gasteiger partial charge in [0.25, 0.3) is 0 Å². The lowest BCUT2D eigenvalue weighted by atomic mass is 10.3. The molecular formula is C21H23N3O3S3. The maximum Gasteiger partial charge on any atom is 0.223 e. The molecule has 1 aliphatic rings. The highest BCUT2D eigenvalue weighted by atomic mass is 32.2. The molecule has 0 bridgehead atoms. The van der Waals surface area contributed by atoms with E-state index in [-0.39, 0.29) is 10.8 Å². The predicted molar refractivity (Wildman–Crippen MR) is 123 cm³/mol. The zero-order chi connectivity index (χ0) is 21.1. The van der Waals surface area contributed by atoms with Gasteiger partial charge in [0.05, 0.1) is 9.60 Å². The number of hydrogen-bond acceptors (Lipinski definition) is 7. The molecule has 0 atom stereocenters. The van der Waals surface area contributed by atoms with Crippen molar-refractivity contribution in [1.82, 2.24) is 9.88 Å². The number of carbonyl (C=O) groups excluding carboxylic acids is 1. The van der Waals surface area contributed by atoms with Crippen molar-refractivity contribution < 1.29 is 13.2 Å². The van der Waals surface area contributed by atoms with E-state index in [1.54, 1.807) is 23.9 Å². The number of hydrogen-bond donors (Lipinski definition) is 0. The van der Waals surface area contributed by atoms with Gasteiger partial charge < -0.3 is 9.80 Å². The number of amides is 1. The number of aromatic nitrogens is 1. The number of fused-ring (bicyclic) bond motifs is 1. The Morgan fingerprint density at radius 3 is 2.50 bits per heavy atom. The van der Waals surface area contributed by atoms with Gasteiger partial charge in [-0.3, -0.25) is 4.79 Å². The van der Waals surface area contributed by atoms with E-state index < -0.39 is 9.84 Å². The minimum absolute atomic E-state index is 0.182. The molecular weight excluding hydrogens is 438 g/mol. The number of sulfone groups is 1. The van der Waals surface area contributed by atoms with Gasteiger partial charge in [0.15, 0.2) is 15.0 Å². The molecule has 0 N–H and O–H groups in total. The van der Waals surface area contributed by atoms with Crippen molar-refractivity contribution in [2.24, 2.45) is 0 Å². The number of para-hydroxylation sites is 1. The van der Waals surface area contributed by atoms with Crippen molar-refractivity contribution >= 4 is 54.2 Å². The Labute approximate surface area is 184 Å². The molecule has 0 saturated carbocycles. The number of carbonyl (C=O) groups is 1. The van der Waals surface area contributed by atoms with E-state index in [1.807, 2.05) is 29.2 Å². The Hall–Kier alpha value is -2.10. The maximum absolute atomic E-state index is 12.5. The van der Waals surface area contributed by atoms with Gasteiger partial charge in [-0.15, -0.1) is 11.8 Å². The highest BCUT2D eigenvalue weighted by Crippen LogP contribution is 2.33. The number of thiazole rings is 1. The molecule has 4 rings (SSSR count). The molecule has 0 aliphatic carbocycles. The van der Waals surface area contributed by atoms with Crippen LogP contribution < -0.4 is 4.90 Å². The van der Waals surface area contributed by atoms with E-state index in [9.17, 15) is 13.2 Å². The number of anilines is 1. The molecule has 1 amide bonds. The van der Waals surface area contributed by atoms with E-state index in [0.717, 1.165) is 15.6 Å². The number of rotatable bonds is 6. The summed E-state index contributed by atoms with van der Waals surface area (Å²) in [6, 6.07) is 15.4. The summed E-state index contributed by atoms with van der Waals surface area (Å²) < 4.78 is 24.9. The van der Waals surface area contributed by atoms with Crippen molar-refractivity contribution in [2.45, 2.75) is 16.2 Å². The zero-order valence-electron chi connectivity index (χ0n) is 16.7. The molecule has 1 saturated heterocycles. The van der Waals surface area contributed by atoms with Gasteiger partial charge in [0.1, 0.15) is 5.52 Å².